The summed E-state index contributed by atoms with van der Waals surface area (Å²) in [6.07, 6.45) is 2.71. The largest absolute Gasteiger partial charge is 0.481 e. The number of aliphatic imine (C=N–C) groups is 1. The topological polar surface area (TPSA) is 120 Å². The number of anilines is 1. The third-order valence-electron chi connectivity index (χ3n) is 5.44. The molecule has 0 radical (unpaired) electrons. The fourth-order valence-electron chi connectivity index (χ4n) is 3.59. The Kier molecular flexibility index (Phi) is 16.2. The van der Waals surface area contributed by atoms with Gasteiger partial charge in [-0.05, 0) is 61.2 Å². The van der Waals surface area contributed by atoms with E-state index in [4.69, 9.17) is 37.7 Å². The first-order valence-electron chi connectivity index (χ1n) is 12.5. The molecule has 9 nitrogen and oxygen atoms in total. The predicted molar refractivity (Wildman–Crippen MR) is 157 cm³/mol. The Morgan fingerprint density at radius 3 is 2.28 bits per heavy atom. The number of hydrogen-bond donors (Lipinski definition) is 3. The van der Waals surface area contributed by atoms with E-state index in [0.29, 0.717) is 46.9 Å². The summed E-state index contributed by atoms with van der Waals surface area (Å²) in [5.74, 6) is -0.284. The zero-order valence-corrected chi connectivity index (χ0v) is 24.0. The van der Waals surface area contributed by atoms with Gasteiger partial charge >= 0.3 is 12.0 Å². The van der Waals surface area contributed by atoms with Crippen LogP contribution in [0, 0.1) is 5.92 Å². The summed E-state index contributed by atoms with van der Waals surface area (Å²) in [6, 6.07) is 13.8. The number of rotatable bonds is 8. The van der Waals surface area contributed by atoms with Gasteiger partial charge in [0, 0.05) is 43.1 Å². The lowest BCUT2D eigenvalue weighted by Crippen LogP contribution is -2.41. The van der Waals surface area contributed by atoms with Crippen LogP contribution in [0.1, 0.15) is 38.7 Å². The molecule has 2 aromatic rings. The van der Waals surface area contributed by atoms with E-state index in [0.717, 1.165) is 12.8 Å². The maximum atomic E-state index is 12.9. The second kappa shape index (κ2) is 18.8. The normalized spacial score (nSPS) is 13.7. The van der Waals surface area contributed by atoms with Crippen molar-refractivity contribution in [3.05, 3.63) is 76.0 Å². The van der Waals surface area contributed by atoms with Gasteiger partial charge in [0.1, 0.15) is 18.4 Å². The van der Waals surface area contributed by atoms with E-state index in [-0.39, 0.29) is 24.2 Å². The molecule has 212 valence electrons. The Bertz CT molecular complexity index is 1100. The SMILES string of the molecule is C=O.CC.CNC(=O)N(CC1CCOCC1)C(=C\CC(=O)O)/N=C(\Nc1ccc(Cl)cc1)c1ccccc1Cl. The lowest BCUT2D eigenvalue weighted by atomic mass is 10.00. The van der Waals surface area contributed by atoms with Crippen LogP contribution in [0.25, 0.3) is 0 Å². The lowest BCUT2D eigenvalue weighted by molar-refractivity contribution is -0.136. The molecule has 11 heteroatoms. The summed E-state index contributed by atoms with van der Waals surface area (Å²) in [5.41, 5.74) is 1.29. The maximum absolute atomic E-state index is 12.9. The molecule has 0 atom stereocenters. The summed E-state index contributed by atoms with van der Waals surface area (Å²) in [5, 5.41) is 16.2. The quantitative estimate of drug-likeness (QED) is 0.258. The highest BCUT2D eigenvalue weighted by molar-refractivity contribution is 6.35. The number of carboxylic acid groups (broad SMARTS) is 1. The molecule has 1 aliphatic rings. The summed E-state index contributed by atoms with van der Waals surface area (Å²) in [4.78, 5) is 38.6. The molecule has 0 unspecified atom stereocenters. The number of nitrogens with zero attached hydrogens (tertiary/aromatic N) is 2. The molecular weight excluding hydrogens is 543 g/mol. The van der Waals surface area contributed by atoms with Gasteiger partial charge in [-0.2, -0.15) is 0 Å². The van der Waals surface area contributed by atoms with Crippen LogP contribution in [0.4, 0.5) is 10.5 Å². The third kappa shape index (κ3) is 11.5. The molecule has 2 amide bonds. The van der Waals surface area contributed by atoms with Crippen molar-refractivity contribution in [3.8, 4) is 0 Å². The number of carboxylic acids is 1. The maximum Gasteiger partial charge on any atom is 0.322 e. The molecule has 0 bridgehead atoms. The van der Waals surface area contributed by atoms with Crippen LogP contribution in [-0.2, 0) is 14.3 Å². The average molecular weight is 580 g/mol. The number of amides is 2. The van der Waals surface area contributed by atoms with E-state index in [1.165, 1.54) is 18.0 Å². The number of carbonyl (C=O) groups excluding carboxylic acids is 2. The Morgan fingerprint density at radius 2 is 1.72 bits per heavy atom. The lowest BCUT2D eigenvalue weighted by Gasteiger charge is -2.30. The van der Waals surface area contributed by atoms with Crippen LogP contribution in [0.2, 0.25) is 10.0 Å². The molecule has 2 aromatic carbocycles. The van der Waals surface area contributed by atoms with E-state index >= 15 is 0 Å². The molecule has 3 N–H and O–H groups in total. The van der Waals surface area contributed by atoms with E-state index in [1.54, 1.807) is 42.5 Å². The third-order valence-corrected chi connectivity index (χ3v) is 6.02. The van der Waals surface area contributed by atoms with Gasteiger partial charge in [-0.1, -0.05) is 49.2 Å². The molecule has 0 saturated carbocycles. The van der Waals surface area contributed by atoms with Crippen LogP contribution < -0.4 is 10.6 Å². The van der Waals surface area contributed by atoms with Crippen molar-refractivity contribution < 1.29 is 24.2 Å². The van der Waals surface area contributed by atoms with Crippen molar-refractivity contribution in [2.45, 2.75) is 33.1 Å². The number of benzene rings is 2. The monoisotopic (exact) mass is 578 g/mol. The van der Waals surface area contributed by atoms with Gasteiger partial charge in [-0.15, -0.1) is 0 Å². The number of nitrogens with one attached hydrogen (secondary N) is 2. The Morgan fingerprint density at radius 1 is 1.10 bits per heavy atom. The van der Waals surface area contributed by atoms with Gasteiger partial charge < -0.3 is 25.3 Å². The number of urea groups is 1. The van der Waals surface area contributed by atoms with Crippen LogP contribution in [-0.4, -0.2) is 61.4 Å². The smallest absolute Gasteiger partial charge is 0.322 e. The number of carbonyl (C=O) groups is 3. The molecule has 39 heavy (non-hydrogen) atoms. The summed E-state index contributed by atoms with van der Waals surface area (Å²) in [6.45, 7) is 7.61. The molecule has 1 saturated heterocycles. The first kappa shape index (κ1) is 33.6. The van der Waals surface area contributed by atoms with Crippen LogP contribution in [0.3, 0.4) is 0 Å². The Balaban J connectivity index is 0.00000181. The van der Waals surface area contributed by atoms with Crippen molar-refractivity contribution in [1.82, 2.24) is 10.2 Å². The highest BCUT2D eigenvalue weighted by Crippen LogP contribution is 2.23. The zero-order chi connectivity index (χ0) is 29.2. The summed E-state index contributed by atoms with van der Waals surface area (Å²) < 4.78 is 5.44. The van der Waals surface area contributed by atoms with Crippen LogP contribution >= 0.6 is 23.2 Å². The fraction of sp³-hybridized carbons (Fsp3) is 0.357. The number of aliphatic carboxylic acids is 1. The molecule has 0 aromatic heterocycles. The Labute approximate surface area is 239 Å². The number of ether oxygens (including phenoxy) is 1. The predicted octanol–water partition coefficient (Wildman–Crippen LogP) is 6.08. The van der Waals surface area contributed by atoms with Crippen LogP contribution in [0.5, 0.6) is 0 Å². The minimum Gasteiger partial charge on any atom is -0.481 e. The van der Waals surface area contributed by atoms with Crippen LogP contribution in [0.15, 0.2) is 65.4 Å². The van der Waals surface area contributed by atoms with Crippen molar-refractivity contribution in [1.29, 1.82) is 0 Å². The first-order chi connectivity index (χ1) is 18.9. The summed E-state index contributed by atoms with van der Waals surface area (Å²) >= 11 is 12.5. The minimum absolute atomic E-state index is 0.192. The van der Waals surface area contributed by atoms with E-state index in [2.05, 4.69) is 10.6 Å². The van der Waals surface area contributed by atoms with Crippen molar-refractivity contribution >= 4 is 53.5 Å². The van der Waals surface area contributed by atoms with Gasteiger partial charge in [0.2, 0.25) is 0 Å². The molecular formula is C28H36Cl2N4O5. The molecule has 0 aliphatic carbocycles. The number of amidine groups is 1. The summed E-state index contributed by atoms with van der Waals surface area (Å²) in [7, 11) is 1.53. The van der Waals surface area contributed by atoms with E-state index in [1.807, 2.05) is 26.7 Å². The van der Waals surface area contributed by atoms with Gasteiger partial charge in [-0.3, -0.25) is 9.69 Å². The second-order valence-electron chi connectivity index (χ2n) is 7.95. The van der Waals surface area contributed by atoms with Gasteiger partial charge in [0.05, 0.1) is 11.4 Å². The molecule has 1 aliphatic heterocycles. The molecule has 0 spiro atoms. The van der Waals surface area contributed by atoms with Gasteiger partial charge in [-0.25, -0.2) is 9.79 Å². The van der Waals surface area contributed by atoms with Gasteiger partial charge in [0.15, 0.2) is 0 Å². The number of hydrogen-bond acceptors (Lipinski definition) is 5. The van der Waals surface area contributed by atoms with Crippen molar-refractivity contribution in [3.63, 3.8) is 0 Å². The van der Waals surface area contributed by atoms with Crippen molar-refractivity contribution in [2.75, 3.05) is 32.1 Å². The molecule has 1 fully saturated rings. The minimum atomic E-state index is -1.04. The van der Waals surface area contributed by atoms with Gasteiger partial charge in [0.25, 0.3) is 0 Å². The highest BCUT2D eigenvalue weighted by atomic mass is 35.5. The molecule has 3 rings (SSSR count). The first-order valence-corrected chi connectivity index (χ1v) is 13.3. The highest BCUT2D eigenvalue weighted by Gasteiger charge is 2.24. The average Bonchev–Trinajstić information content (AvgIpc) is 2.97. The second-order valence-corrected chi connectivity index (χ2v) is 8.80. The number of halogens is 2. The van der Waals surface area contributed by atoms with E-state index < -0.39 is 5.97 Å². The zero-order valence-electron chi connectivity index (χ0n) is 22.5. The molecule has 1 heterocycles. The standard InChI is InChI=1S/C25H28Cl2N4O4.C2H6.CH2O/c1-28-25(34)31(16-17-12-14-35-15-13-17)22(10-11-23(32)33)30-24(20-4-2-3-5-21(20)27)29-19-8-6-18(26)7-9-19;2*1-2/h2-10,17H,11-16H2,1H3,(H,28,34)(H,29,30)(H,32,33);1-2H3;1H2/b22-10-;;. The van der Waals surface area contributed by atoms with Crippen molar-refractivity contribution in [2.24, 2.45) is 10.9 Å². The fourth-order valence-corrected chi connectivity index (χ4v) is 3.94. The van der Waals surface area contributed by atoms with E-state index in [9.17, 15) is 14.7 Å². The Hall–Kier alpha value is -3.40.